The highest BCUT2D eigenvalue weighted by Crippen LogP contribution is 2.36. The molecule has 0 aliphatic heterocycles. The maximum atomic E-state index is 9.73. The summed E-state index contributed by atoms with van der Waals surface area (Å²) in [7, 11) is 0. The van der Waals surface area contributed by atoms with E-state index < -0.39 is 6.10 Å². The molecular weight excluding hydrogens is 319 g/mol. The Morgan fingerprint density at radius 3 is 2.20 bits per heavy atom. The van der Waals surface area contributed by atoms with Gasteiger partial charge in [-0.05, 0) is 30.2 Å². The molecule has 1 N–H and O–H groups in total. The third-order valence-electron chi connectivity index (χ3n) is 2.85. The Morgan fingerprint density at radius 2 is 1.60 bits per heavy atom. The SMILES string of the molecule is CCC(O)c1ccc(Oc2cc(Cl)c(Cl)cc2Cl)cc1. The van der Waals surface area contributed by atoms with E-state index in [1.807, 2.05) is 19.1 Å². The maximum absolute atomic E-state index is 9.73. The van der Waals surface area contributed by atoms with Gasteiger partial charge in [0, 0.05) is 6.07 Å². The average Bonchev–Trinajstić information content (AvgIpc) is 2.44. The molecule has 0 saturated heterocycles. The summed E-state index contributed by atoms with van der Waals surface area (Å²) < 4.78 is 5.66. The molecule has 20 heavy (non-hydrogen) atoms. The van der Waals surface area contributed by atoms with Crippen molar-refractivity contribution in [2.45, 2.75) is 19.4 Å². The second-order valence-electron chi connectivity index (χ2n) is 4.29. The molecule has 2 aromatic carbocycles. The first kappa shape index (κ1) is 15.5. The van der Waals surface area contributed by atoms with E-state index in [2.05, 4.69) is 0 Å². The van der Waals surface area contributed by atoms with Crippen molar-refractivity contribution in [1.29, 1.82) is 0 Å². The van der Waals surface area contributed by atoms with E-state index in [9.17, 15) is 5.11 Å². The van der Waals surface area contributed by atoms with E-state index in [0.29, 0.717) is 33.0 Å². The summed E-state index contributed by atoms with van der Waals surface area (Å²) in [5, 5.41) is 10.9. The van der Waals surface area contributed by atoms with Gasteiger partial charge in [0.1, 0.15) is 11.5 Å². The minimum Gasteiger partial charge on any atom is -0.456 e. The van der Waals surface area contributed by atoms with Gasteiger partial charge in [0.25, 0.3) is 0 Å². The van der Waals surface area contributed by atoms with Crippen molar-refractivity contribution in [2.24, 2.45) is 0 Å². The zero-order chi connectivity index (χ0) is 14.7. The van der Waals surface area contributed by atoms with Gasteiger partial charge in [0.05, 0.1) is 21.2 Å². The highest BCUT2D eigenvalue weighted by atomic mass is 35.5. The first-order valence-corrected chi connectivity index (χ1v) is 7.25. The predicted octanol–water partition coefficient (Wildman–Crippen LogP) is 5.88. The lowest BCUT2D eigenvalue weighted by Gasteiger charge is -2.11. The quantitative estimate of drug-likeness (QED) is 0.709. The minimum atomic E-state index is -0.461. The zero-order valence-electron chi connectivity index (χ0n) is 10.7. The molecule has 1 unspecified atom stereocenters. The van der Waals surface area contributed by atoms with Crippen molar-refractivity contribution in [1.82, 2.24) is 0 Å². The lowest BCUT2D eigenvalue weighted by molar-refractivity contribution is 0.173. The number of hydrogen-bond donors (Lipinski definition) is 1. The average molecular weight is 332 g/mol. The lowest BCUT2D eigenvalue weighted by atomic mass is 10.1. The molecule has 0 aliphatic rings. The molecule has 0 fully saturated rings. The van der Waals surface area contributed by atoms with E-state index in [4.69, 9.17) is 39.5 Å². The largest absolute Gasteiger partial charge is 0.456 e. The number of hydrogen-bond acceptors (Lipinski definition) is 2. The van der Waals surface area contributed by atoms with Crippen molar-refractivity contribution in [2.75, 3.05) is 0 Å². The van der Waals surface area contributed by atoms with Crippen molar-refractivity contribution in [3.05, 3.63) is 57.0 Å². The molecule has 106 valence electrons. The summed E-state index contributed by atoms with van der Waals surface area (Å²) in [4.78, 5) is 0. The van der Waals surface area contributed by atoms with Crippen LogP contribution in [0.5, 0.6) is 11.5 Å². The lowest BCUT2D eigenvalue weighted by Crippen LogP contribution is -1.94. The summed E-state index contributed by atoms with van der Waals surface area (Å²) in [5.41, 5.74) is 0.847. The first-order valence-electron chi connectivity index (χ1n) is 6.11. The van der Waals surface area contributed by atoms with Crippen LogP contribution < -0.4 is 4.74 Å². The Labute approximate surface area is 132 Å². The smallest absolute Gasteiger partial charge is 0.147 e. The van der Waals surface area contributed by atoms with Crippen LogP contribution in [0, 0.1) is 0 Å². The Morgan fingerprint density at radius 1 is 1.00 bits per heavy atom. The Hall–Kier alpha value is -0.930. The van der Waals surface area contributed by atoms with Crippen molar-refractivity contribution >= 4 is 34.8 Å². The van der Waals surface area contributed by atoms with Gasteiger partial charge in [-0.2, -0.15) is 0 Å². The van der Waals surface area contributed by atoms with Gasteiger partial charge in [0.15, 0.2) is 0 Å². The molecular formula is C15H13Cl3O2. The van der Waals surface area contributed by atoms with Crippen LogP contribution in [0.15, 0.2) is 36.4 Å². The standard InChI is InChI=1S/C15H13Cl3O2/c1-2-14(19)9-3-5-10(6-4-9)20-15-8-12(17)11(16)7-13(15)18/h3-8,14,19H,2H2,1H3. The van der Waals surface area contributed by atoms with E-state index in [1.54, 1.807) is 18.2 Å². The Kier molecular flexibility index (Phi) is 5.17. The molecule has 2 nitrogen and oxygen atoms in total. The molecule has 0 amide bonds. The molecule has 2 rings (SSSR count). The van der Waals surface area contributed by atoms with E-state index >= 15 is 0 Å². The van der Waals surface area contributed by atoms with E-state index in [-0.39, 0.29) is 0 Å². The molecule has 0 aliphatic carbocycles. The molecule has 1 atom stereocenters. The monoisotopic (exact) mass is 330 g/mol. The normalized spacial score (nSPS) is 12.2. The third-order valence-corrected chi connectivity index (χ3v) is 3.87. The van der Waals surface area contributed by atoms with Gasteiger partial charge in [-0.3, -0.25) is 0 Å². The van der Waals surface area contributed by atoms with Crippen LogP contribution in [-0.4, -0.2) is 5.11 Å². The maximum Gasteiger partial charge on any atom is 0.147 e. The number of rotatable bonds is 4. The van der Waals surface area contributed by atoms with Gasteiger partial charge in [-0.1, -0.05) is 53.9 Å². The third kappa shape index (κ3) is 3.58. The number of aliphatic hydroxyl groups is 1. The summed E-state index contributed by atoms with van der Waals surface area (Å²) >= 11 is 17.8. The Bertz CT molecular complexity index is 597. The summed E-state index contributed by atoms with van der Waals surface area (Å²) in [5.74, 6) is 1.04. The van der Waals surface area contributed by atoms with Crippen LogP contribution >= 0.6 is 34.8 Å². The van der Waals surface area contributed by atoms with E-state index in [1.165, 1.54) is 6.07 Å². The molecule has 0 saturated carbocycles. The molecule has 0 heterocycles. The van der Waals surface area contributed by atoms with Crippen LogP contribution in [0.2, 0.25) is 15.1 Å². The van der Waals surface area contributed by atoms with Crippen molar-refractivity contribution in [3.8, 4) is 11.5 Å². The number of aliphatic hydroxyl groups excluding tert-OH is 1. The first-order chi connectivity index (χ1) is 9.51. The number of benzene rings is 2. The molecule has 2 aromatic rings. The fourth-order valence-corrected chi connectivity index (χ4v) is 2.28. The number of ether oxygens (including phenoxy) is 1. The highest BCUT2D eigenvalue weighted by molar-refractivity contribution is 6.43. The zero-order valence-corrected chi connectivity index (χ0v) is 13.0. The predicted molar refractivity (Wildman–Crippen MR) is 83.2 cm³/mol. The fraction of sp³-hybridized carbons (Fsp3) is 0.200. The van der Waals surface area contributed by atoms with Crippen molar-refractivity contribution in [3.63, 3.8) is 0 Å². The second-order valence-corrected chi connectivity index (χ2v) is 5.51. The van der Waals surface area contributed by atoms with Crippen LogP contribution in [0.3, 0.4) is 0 Å². The second kappa shape index (κ2) is 6.68. The molecule has 0 bridgehead atoms. The fourth-order valence-electron chi connectivity index (χ4n) is 1.70. The van der Waals surface area contributed by atoms with Gasteiger partial charge in [-0.25, -0.2) is 0 Å². The highest BCUT2D eigenvalue weighted by Gasteiger charge is 2.09. The molecule has 5 heteroatoms. The van der Waals surface area contributed by atoms with Gasteiger partial charge >= 0.3 is 0 Å². The van der Waals surface area contributed by atoms with E-state index in [0.717, 1.165) is 5.56 Å². The van der Waals surface area contributed by atoms with Crippen LogP contribution in [0.1, 0.15) is 25.0 Å². The van der Waals surface area contributed by atoms with Crippen LogP contribution in [-0.2, 0) is 0 Å². The van der Waals surface area contributed by atoms with Gasteiger partial charge < -0.3 is 9.84 Å². The minimum absolute atomic E-state index is 0.379. The summed E-state index contributed by atoms with van der Waals surface area (Å²) in [6.07, 6.45) is 0.205. The summed E-state index contributed by atoms with van der Waals surface area (Å²) in [6, 6.07) is 10.3. The van der Waals surface area contributed by atoms with Gasteiger partial charge in [0.2, 0.25) is 0 Å². The van der Waals surface area contributed by atoms with Crippen molar-refractivity contribution < 1.29 is 9.84 Å². The van der Waals surface area contributed by atoms with Crippen LogP contribution in [0.4, 0.5) is 0 Å². The topological polar surface area (TPSA) is 29.5 Å². The number of halogens is 3. The molecule has 0 radical (unpaired) electrons. The van der Waals surface area contributed by atoms with Crippen LogP contribution in [0.25, 0.3) is 0 Å². The molecule has 0 spiro atoms. The summed E-state index contributed by atoms with van der Waals surface area (Å²) in [6.45, 7) is 1.92. The molecule has 0 aromatic heterocycles. The Balaban J connectivity index is 2.20. The van der Waals surface area contributed by atoms with Gasteiger partial charge in [-0.15, -0.1) is 0 Å².